The third-order valence-corrected chi connectivity index (χ3v) is 1.28. The fourth-order valence-electron chi connectivity index (χ4n) is 0.598. The van der Waals surface area contributed by atoms with Crippen molar-refractivity contribution in [2.45, 2.75) is 34.6 Å². The van der Waals surface area contributed by atoms with E-state index in [1.807, 2.05) is 33.0 Å². The monoisotopic (exact) mass is 167 g/mol. The first-order valence-corrected chi connectivity index (χ1v) is 4.52. The lowest BCUT2D eigenvalue weighted by Gasteiger charge is -2.02. The topological polar surface area (TPSA) is 12.4 Å². The quantitative estimate of drug-likeness (QED) is 0.447. The molecular formula is C11H21N. The van der Waals surface area contributed by atoms with Crippen molar-refractivity contribution in [1.82, 2.24) is 0 Å². The summed E-state index contributed by atoms with van der Waals surface area (Å²) in [6, 6.07) is 0. The molecule has 12 heavy (non-hydrogen) atoms. The fourth-order valence-corrected chi connectivity index (χ4v) is 0.598. The van der Waals surface area contributed by atoms with Crippen LogP contribution in [0.4, 0.5) is 0 Å². The molecule has 0 aliphatic heterocycles. The van der Waals surface area contributed by atoms with Crippen molar-refractivity contribution in [2.75, 3.05) is 0 Å². The maximum Gasteiger partial charge on any atom is 0.0298 e. The number of rotatable bonds is 3. The van der Waals surface area contributed by atoms with Gasteiger partial charge in [0.15, 0.2) is 0 Å². The van der Waals surface area contributed by atoms with Crippen molar-refractivity contribution in [3.8, 4) is 0 Å². The Kier molecular flexibility index (Phi) is 11.6. The SMILES string of the molecule is C=C/C(=C\N=CC)C(C)C.CC. The number of nitrogens with zero attached hydrogens (tertiary/aromatic N) is 1. The van der Waals surface area contributed by atoms with Gasteiger partial charge in [-0.05, 0) is 18.4 Å². The van der Waals surface area contributed by atoms with E-state index in [1.54, 1.807) is 6.21 Å². The van der Waals surface area contributed by atoms with Gasteiger partial charge in [-0.2, -0.15) is 0 Å². The zero-order chi connectivity index (χ0) is 9.98. The normalized spacial score (nSPS) is 11.3. The maximum absolute atomic E-state index is 4.01. The number of aliphatic imine (C=N–C) groups is 1. The van der Waals surface area contributed by atoms with Gasteiger partial charge in [0.25, 0.3) is 0 Å². The average Bonchev–Trinajstić information content (AvgIpc) is 2.09. The van der Waals surface area contributed by atoms with Crippen LogP contribution >= 0.6 is 0 Å². The van der Waals surface area contributed by atoms with Gasteiger partial charge in [0.2, 0.25) is 0 Å². The van der Waals surface area contributed by atoms with E-state index in [0.29, 0.717) is 5.92 Å². The second kappa shape index (κ2) is 10.2. The predicted molar refractivity (Wildman–Crippen MR) is 58.6 cm³/mol. The first-order chi connectivity index (χ1) is 5.72. The standard InChI is InChI=1S/C9H15N.C2H6/c1-5-9(8(3)4)7-10-6-2;1-2/h5-8H,1H2,2-4H3;1-2H3/b9-7+,10-6?;. The Morgan fingerprint density at radius 3 is 2.08 bits per heavy atom. The molecule has 0 spiro atoms. The molecule has 1 nitrogen and oxygen atoms in total. The van der Waals surface area contributed by atoms with Crippen LogP contribution in [0.1, 0.15) is 34.6 Å². The zero-order valence-electron chi connectivity index (χ0n) is 8.96. The molecule has 1 heteroatoms. The molecule has 0 aromatic rings. The lowest BCUT2D eigenvalue weighted by Crippen LogP contribution is -1.88. The molecule has 0 fully saturated rings. The van der Waals surface area contributed by atoms with Gasteiger partial charge < -0.3 is 0 Å². The minimum absolute atomic E-state index is 0.515. The highest BCUT2D eigenvalue weighted by molar-refractivity contribution is 5.54. The van der Waals surface area contributed by atoms with Gasteiger partial charge in [-0.15, -0.1) is 0 Å². The van der Waals surface area contributed by atoms with E-state index in [-0.39, 0.29) is 0 Å². The molecule has 0 heterocycles. The Labute approximate surface area is 76.9 Å². The first kappa shape index (κ1) is 13.7. The van der Waals surface area contributed by atoms with Crippen LogP contribution in [0, 0.1) is 5.92 Å². The van der Waals surface area contributed by atoms with Crippen molar-refractivity contribution < 1.29 is 0 Å². The lowest BCUT2D eigenvalue weighted by atomic mass is 10.1. The van der Waals surface area contributed by atoms with Crippen LogP contribution in [0.5, 0.6) is 0 Å². The van der Waals surface area contributed by atoms with Crippen molar-refractivity contribution in [3.63, 3.8) is 0 Å². The fraction of sp³-hybridized carbons (Fsp3) is 0.545. The van der Waals surface area contributed by atoms with Crippen LogP contribution in [0.2, 0.25) is 0 Å². The van der Waals surface area contributed by atoms with Crippen LogP contribution in [-0.4, -0.2) is 6.21 Å². The molecule has 0 bridgehead atoms. The van der Waals surface area contributed by atoms with E-state index in [0.717, 1.165) is 0 Å². The van der Waals surface area contributed by atoms with Crippen molar-refractivity contribution in [3.05, 3.63) is 24.4 Å². The zero-order valence-corrected chi connectivity index (χ0v) is 8.96. The van der Waals surface area contributed by atoms with Gasteiger partial charge in [-0.3, -0.25) is 4.99 Å². The summed E-state index contributed by atoms with van der Waals surface area (Å²) >= 11 is 0. The second-order valence-corrected chi connectivity index (χ2v) is 2.40. The van der Waals surface area contributed by atoms with Crippen molar-refractivity contribution in [1.29, 1.82) is 0 Å². The smallest absolute Gasteiger partial charge is 0.0298 e. The first-order valence-electron chi connectivity index (χ1n) is 4.52. The molecule has 0 rings (SSSR count). The average molecular weight is 167 g/mol. The van der Waals surface area contributed by atoms with Crippen LogP contribution in [0.25, 0.3) is 0 Å². The largest absolute Gasteiger partial charge is 0.269 e. The highest BCUT2D eigenvalue weighted by Gasteiger charge is 1.95. The number of hydrogen-bond acceptors (Lipinski definition) is 1. The Bertz CT molecular complexity index is 152. The summed E-state index contributed by atoms with van der Waals surface area (Å²) in [6.45, 7) is 13.8. The molecule has 0 N–H and O–H groups in total. The molecule has 0 aliphatic carbocycles. The molecule has 0 saturated carbocycles. The predicted octanol–water partition coefficient (Wildman–Crippen LogP) is 3.83. The molecule has 0 atom stereocenters. The second-order valence-electron chi connectivity index (χ2n) is 2.40. The number of allylic oxidation sites excluding steroid dienone is 2. The molecule has 0 aliphatic rings. The molecular weight excluding hydrogens is 146 g/mol. The minimum Gasteiger partial charge on any atom is -0.269 e. The molecule has 0 amide bonds. The summed E-state index contributed by atoms with van der Waals surface area (Å²) in [7, 11) is 0. The third kappa shape index (κ3) is 7.26. The molecule has 0 aromatic heterocycles. The minimum atomic E-state index is 0.515. The van der Waals surface area contributed by atoms with Gasteiger partial charge in [0.1, 0.15) is 0 Å². The molecule has 0 radical (unpaired) electrons. The third-order valence-electron chi connectivity index (χ3n) is 1.28. The Morgan fingerprint density at radius 1 is 1.33 bits per heavy atom. The van der Waals surface area contributed by atoms with Crippen LogP contribution in [0.15, 0.2) is 29.4 Å². The molecule has 0 saturated heterocycles. The lowest BCUT2D eigenvalue weighted by molar-refractivity contribution is 0.789. The van der Waals surface area contributed by atoms with E-state index in [9.17, 15) is 0 Å². The Balaban J connectivity index is 0. The summed E-state index contributed by atoms with van der Waals surface area (Å²) in [5.74, 6) is 0.515. The van der Waals surface area contributed by atoms with Gasteiger partial charge in [0.05, 0.1) is 0 Å². The number of hydrogen-bond donors (Lipinski definition) is 0. The summed E-state index contributed by atoms with van der Waals surface area (Å²) < 4.78 is 0. The Morgan fingerprint density at radius 2 is 1.83 bits per heavy atom. The molecule has 0 unspecified atom stereocenters. The van der Waals surface area contributed by atoms with Crippen molar-refractivity contribution >= 4 is 6.21 Å². The molecule has 0 aromatic carbocycles. The highest BCUT2D eigenvalue weighted by atomic mass is 14.7. The van der Waals surface area contributed by atoms with Crippen LogP contribution < -0.4 is 0 Å². The van der Waals surface area contributed by atoms with E-state index >= 15 is 0 Å². The van der Waals surface area contributed by atoms with E-state index < -0.39 is 0 Å². The summed E-state index contributed by atoms with van der Waals surface area (Å²) in [5, 5.41) is 0. The molecule has 70 valence electrons. The van der Waals surface area contributed by atoms with Gasteiger partial charge >= 0.3 is 0 Å². The maximum atomic E-state index is 4.01. The summed E-state index contributed by atoms with van der Waals surface area (Å²) in [5.41, 5.74) is 1.18. The van der Waals surface area contributed by atoms with E-state index in [2.05, 4.69) is 25.4 Å². The van der Waals surface area contributed by atoms with Crippen LogP contribution in [0.3, 0.4) is 0 Å². The Hall–Kier alpha value is -0.850. The summed E-state index contributed by atoms with van der Waals surface area (Å²) in [4.78, 5) is 4.01. The van der Waals surface area contributed by atoms with Crippen molar-refractivity contribution in [2.24, 2.45) is 10.9 Å². The summed E-state index contributed by atoms with van der Waals surface area (Å²) in [6.07, 6.45) is 5.46. The highest BCUT2D eigenvalue weighted by Crippen LogP contribution is 2.09. The van der Waals surface area contributed by atoms with Gasteiger partial charge in [0, 0.05) is 12.4 Å². The van der Waals surface area contributed by atoms with Crippen LogP contribution in [-0.2, 0) is 0 Å². The van der Waals surface area contributed by atoms with E-state index in [4.69, 9.17) is 0 Å². The van der Waals surface area contributed by atoms with Gasteiger partial charge in [-0.25, -0.2) is 0 Å². The van der Waals surface area contributed by atoms with Gasteiger partial charge in [-0.1, -0.05) is 40.3 Å². The van der Waals surface area contributed by atoms with E-state index in [1.165, 1.54) is 5.57 Å².